The number of aromatic nitrogens is 2. The van der Waals surface area contributed by atoms with E-state index in [0.29, 0.717) is 0 Å². The summed E-state index contributed by atoms with van der Waals surface area (Å²) in [5.74, 6) is 1.30. The number of thioether (sulfide) groups is 1. The molecule has 116 valence electrons. The molecule has 0 radical (unpaired) electrons. The monoisotopic (exact) mass is 297 g/mol. The zero-order valence-electron chi connectivity index (χ0n) is 13.8. The Bertz CT molecular complexity index is 380. The molecule has 1 aromatic rings. The topological polar surface area (TPSA) is 29.9 Å². The van der Waals surface area contributed by atoms with E-state index in [-0.39, 0.29) is 5.41 Å². The molecule has 0 spiro atoms. The summed E-state index contributed by atoms with van der Waals surface area (Å²) in [6.07, 6.45) is 9.67. The maximum atomic E-state index is 4.61. The minimum absolute atomic E-state index is 0.121. The number of nitrogens with zero attached hydrogens (tertiary/aromatic N) is 2. The van der Waals surface area contributed by atoms with Crippen LogP contribution in [0.15, 0.2) is 6.20 Å². The van der Waals surface area contributed by atoms with E-state index in [1.807, 2.05) is 23.5 Å². The summed E-state index contributed by atoms with van der Waals surface area (Å²) >= 11 is 1.95. The van der Waals surface area contributed by atoms with Gasteiger partial charge in [0.05, 0.1) is 5.69 Å². The molecule has 0 aliphatic rings. The first-order valence-corrected chi connectivity index (χ1v) is 9.07. The Morgan fingerprint density at radius 2 is 1.90 bits per heavy atom. The molecular weight excluding hydrogens is 266 g/mol. The van der Waals surface area contributed by atoms with Crippen molar-refractivity contribution in [1.82, 2.24) is 15.1 Å². The van der Waals surface area contributed by atoms with Crippen LogP contribution in [0.3, 0.4) is 0 Å². The number of hydrogen-bond acceptors (Lipinski definition) is 3. The summed E-state index contributed by atoms with van der Waals surface area (Å²) in [6.45, 7) is 8.72. The predicted molar refractivity (Wildman–Crippen MR) is 90.5 cm³/mol. The molecule has 0 amide bonds. The molecule has 0 saturated heterocycles. The number of aryl methyl sites for hydroxylation is 1. The normalized spacial score (nSPS) is 12.1. The van der Waals surface area contributed by atoms with E-state index >= 15 is 0 Å². The average molecular weight is 298 g/mol. The molecule has 3 nitrogen and oxygen atoms in total. The standard InChI is InChI=1S/C16H31N3S/c1-16(2,3)15-14(13-19(4)18-15)12-17-10-8-6-7-9-11-20-5/h13,17H,6-12H2,1-5H3. The van der Waals surface area contributed by atoms with Gasteiger partial charge in [-0.25, -0.2) is 0 Å². The maximum absolute atomic E-state index is 4.61. The van der Waals surface area contributed by atoms with Crippen LogP contribution in [0.25, 0.3) is 0 Å². The van der Waals surface area contributed by atoms with Crippen LogP contribution in [0.5, 0.6) is 0 Å². The highest BCUT2D eigenvalue weighted by molar-refractivity contribution is 7.98. The van der Waals surface area contributed by atoms with Crippen molar-refractivity contribution in [2.45, 2.75) is 58.4 Å². The lowest BCUT2D eigenvalue weighted by Gasteiger charge is -2.17. The molecule has 4 heteroatoms. The molecule has 1 heterocycles. The molecule has 20 heavy (non-hydrogen) atoms. The summed E-state index contributed by atoms with van der Waals surface area (Å²) in [5, 5.41) is 8.16. The Hall–Kier alpha value is -0.480. The number of unbranched alkanes of at least 4 members (excludes halogenated alkanes) is 3. The van der Waals surface area contributed by atoms with Crippen molar-refractivity contribution >= 4 is 11.8 Å². The second-order valence-corrected chi connectivity index (χ2v) is 7.50. The summed E-state index contributed by atoms with van der Waals surface area (Å²) < 4.78 is 1.93. The van der Waals surface area contributed by atoms with E-state index in [9.17, 15) is 0 Å². The second kappa shape index (κ2) is 8.73. The van der Waals surface area contributed by atoms with Crippen molar-refractivity contribution in [2.75, 3.05) is 18.6 Å². The predicted octanol–water partition coefficient (Wildman–Crippen LogP) is 3.73. The number of rotatable bonds is 9. The van der Waals surface area contributed by atoms with E-state index in [1.165, 1.54) is 42.7 Å². The second-order valence-electron chi connectivity index (χ2n) is 6.51. The van der Waals surface area contributed by atoms with Crippen LogP contribution in [0, 0.1) is 0 Å². The highest BCUT2D eigenvalue weighted by Gasteiger charge is 2.21. The van der Waals surface area contributed by atoms with Crippen LogP contribution in [-0.4, -0.2) is 28.3 Å². The lowest BCUT2D eigenvalue weighted by Crippen LogP contribution is -2.19. The molecule has 1 N–H and O–H groups in total. The van der Waals surface area contributed by atoms with Crippen LogP contribution >= 0.6 is 11.8 Å². The maximum Gasteiger partial charge on any atom is 0.0722 e. The van der Waals surface area contributed by atoms with Crippen LogP contribution in [0.4, 0.5) is 0 Å². The lowest BCUT2D eigenvalue weighted by molar-refractivity contribution is 0.540. The quantitative estimate of drug-likeness (QED) is 0.704. The molecule has 1 rings (SSSR count). The zero-order chi connectivity index (χ0) is 15.0. The van der Waals surface area contributed by atoms with Gasteiger partial charge >= 0.3 is 0 Å². The van der Waals surface area contributed by atoms with Gasteiger partial charge in [0.2, 0.25) is 0 Å². The van der Waals surface area contributed by atoms with Gasteiger partial charge in [-0.1, -0.05) is 33.6 Å². The summed E-state index contributed by atoms with van der Waals surface area (Å²) in [6, 6.07) is 0. The summed E-state index contributed by atoms with van der Waals surface area (Å²) in [7, 11) is 2.00. The Morgan fingerprint density at radius 1 is 1.20 bits per heavy atom. The van der Waals surface area contributed by atoms with Crippen molar-refractivity contribution < 1.29 is 0 Å². The average Bonchev–Trinajstić information content (AvgIpc) is 2.74. The molecule has 0 fully saturated rings. The molecule has 0 bridgehead atoms. The molecule has 0 aliphatic carbocycles. The molecule has 1 aromatic heterocycles. The summed E-state index contributed by atoms with van der Waals surface area (Å²) in [5.41, 5.74) is 2.67. The molecule has 0 aromatic carbocycles. The van der Waals surface area contributed by atoms with E-state index in [1.54, 1.807) is 0 Å². The third kappa shape index (κ3) is 6.31. The lowest BCUT2D eigenvalue weighted by atomic mass is 9.89. The first kappa shape index (κ1) is 17.6. The Labute approximate surface area is 128 Å². The SMILES string of the molecule is CSCCCCCCNCc1cn(C)nc1C(C)(C)C. The Kier molecular flexibility index (Phi) is 7.67. The molecule has 0 unspecified atom stereocenters. The van der Waals surface area contributed by atoms with Gasteiger partial charge in [-0.15, -0.1) is 0 Å². The largest absolute Gasteiger partial charge is 0.313 e. The van der Waals surface area contributed by atoms with Gasteiger partial charge < -0.3 is 5.32 Å². The van der Waals surface area contributed by atoms with E-state index in [4.69, 9.17) is 0 Å². The van der Waals surface area contributed by atoms with Crippen LogP contribution < -0.4 is 5.32 Å². The molecule has 0 saturated carbocycles. The fraction of sp³-hybridized carbons (Fsp3) is 0.812. The Morgan fingerprint density at radius 3 is 2.55 bits per heavy atom. The van der Waals surface area contributed by atoms with Crippen LogP contribution in [0.1, 0.15) is 57.7 Å². The fourth-order valence-corrected chi connectivity index (χ4v) is 2.86. The van der Waals surface area contributed by atoms with Crippen molar-refractivity contribution in [3.05, 3.63) is 17.5 Å². The minimum Gasteiger partial charge on any atom is -0.313 e. The van der Waals surface area contributed by atoms with Gasteiger partial charge in [0, 0.05) is 30.8 Å². The van der Waals surface area contributed by atoms with Gasteiger partial charge in [-0.3, -0.25) is 4.68 Å². The minimum atomic E-state index is 0.121. The molecular formula is C16H31N3S. The smallest absolute Gasteiger partial charge is 0.0722 e. The highest BCUT2D eigenvalue weighted by atomic mass is 32.2. The fourth-order valence-electron chi connectivity index (χ4n) is 2.37. The first-order valence-electron chi connectivity index (χ1n) is 7.68. The first-order chi connectivity index (χ1) is 9.45. The highest BCUT2D eigenvalue weighted by Crippen LogP contribution is 2.23. The van der Waals surface area contributed by atoms with Gasteiger partial charge in [0.1, 0.15) is 0 Å². The number of nitrogens with one attached hydrogen (secondary N) is 1. The van der Waals surface area contributed by atoms with Crippen molar-refractivity contribution in [1.29, 1.82) is 0 Å². The van der Waals surface area contributed by atoms with Crippen LogP contribution in [-0.2, 0) is 19.0 Å². The number of hydrogen-bond donors (Lipinski definition) is 1. The van der Waals surface area contributed by atoms with Crippen molar-refractivity contribution in [3.63, 3.8) is 0 Å². The zero-order valence-corrected chi connectivity index (χ0v) is 14.6. The van der Waals surface area contributed by atoms with Gasteiger partial charge in [0.25, 0.3) is 0 Å². The van der Waals surface area contributed by atoms with Crippen molar-refractivity contribution in [3.8, 4) is 0 Å². The third-order valence-electron chi connectivity index (χ3n) is 3.38. The van der Waals surface area contributed by atoms with E-state index in [2.05, 4.69) is 43.6 Å². The third-order valence-corrected chi connectivity index (χ3v) is 4.08. The van der Waals surface area contributed by atoms with Crippen molar-refractivity contribution in [2.24, 2.45) is 7.05 Å². The van der Waals surface area contributed by atoms with E-state index in [0.717, 1.165) is 13.1 Å². The van der Waals surface area contributed by atoms with Crippen LogP contribution in [0.2, 0.25) is 0 Å². The molecule has 0 atom stereocenters. The summed E-state index contributed by atoms with van der Waals surface area (Å²) in [4.78, 5) is 0. The van der Waals surface area contributed by atoms with Gasteiger partial charge in [-0.2, -0.15) is 16.9 Å². The Balaban J connectivity index is 2.25. The van der Waals surface area contributed by atoms with Gasteiger partial charge in [-0.05, 0) is 31.4 Å². The molecule has 0 aliphatic heterocycles. The van der Waals surface area contributed by atoms with Gasteiger partial charge in [0.15, 0.2) is 0 Å². The van der Waals surface area contributed by atoms with E-state index < -0.39 is 0 Å².